The second-order valence-electron chi connectivity index (χ2n) is 4.75. The molecule has 2 heteroatoms. The normalized spacial score (nSPS) is 12.7. The summed E-state index contributed by atoms with van der Waals surface area (Å²) in [6.45, 7) is 3.79. The number of unbranched alkanes of at least 4 members (excludes halogenated alkanes) is 6. The molecule has 0 fully saturated rings. The number of Topliss-reactive ketones (excluding diaryl/α,β-unsaturated/α-hetero) is 1. The van der Waals surface area contributed by atoms with Crippen molar-refractivity contribution in [1.29, 1.82) is 0 Å². The Morgan fingerprint density at radius 1 is 1.00 bits per heavy atom. The van der Waals surface area contributed by atoms with E-state index in [0.717, 1.165) is 25.7 Å². The van der Waals surface area contributed by atoms with Crippen molar-refractivity contribution >= 4 is 5.78 Å². The van der Waals surface area contributed by atoms with Crippen LogP contribution in [0.15, 0.2) is 0 Å². The molecule has 0 aromatic rings. The van der Waals surface area contributed by atoms with Gasteiger partial charge in [0.25, 0.3) is 0 Å². The predicted molar refractivity (Wildman–Crippen MR) is 68.5 cm³/mol. The molecule has 0 heterocycles. The third-order valence-corrected chi connectivity index (χ3v) is 2.97. The molecule has 0 aromatic heterocycles. The molecule has 0 aliphatic carbocycles. The van der Waals surface area contributed by atoms with Crippen LogP contribution in [0.4, 0.5) is 0 Å². The summed E-state index contributed by atoms with van der Waals surface area (Å²) in [7, 11) is 0. The van der Waals surface area contributed by atoms with Gasteiger partial charge in [-0.05, 0) is 19.8 Å². The highest BCUT2D eigenvalue weighted by Gasteiger charge is 1.98. The monoisotopic (exact) mass is 228 g/mol. The van der Waals surface area contributed by atoms with Gasteiger partial charge in [0, 0.05) is 12.8 Å². The fourth-order valence-electron chi connectivity index (χ4n) is 1.82. The number of ketones is 1. The zero-order valence-electron chi connectivity index (χ0n) is 11.0. The van der Waals surface area contributed by atoms with Crippen LogP contribution in [0.5, 0.6) is 0 Å². The predicted octanol–water partition coefficient (Wildman–Crippen LogP) is 3.86. The number of carbonyl (C=O) groups is 1. The lowest BCUT2D eigenvalue weighted by atomic mass is 10.0. The van der Waals surface area contributed by atoms with Gasteiger partial charge in [-0.25, -0.2) is 0 Å². The van der Waals surface area contributed by atoms with Gasteiger partial charge in [0.05, 0.1) is 6.10 Å². The lowest BCUT2D eigenvalue weighted by molar-refractivity contribution is -0.118. The summed E-state index contributed by atoms with van der Waals surface area (Å²) in [5, 5.41) is 9.07. The first-order valence-electron chi connectivity index (χ1n) is 6.86. The molecule has 0 aliphatic rings. The maximum atomic E-state index is 11.0. The quantitative estimate of drug-likeness (QED) is 0.545. The van der Waals surface area contributed by atoms with Crippen molar-refractivity contribution in [2.24, 2.45) is 0 Å². The molecule has 0 radical (unpaired) electrons. The topological polar surface area (TPSA) is 37.3 Å². The van der Waals surface area contributed by atoms with Gasteiger partial charge in [0.1, 0.15) is 5.78 Å². The zero-order valence-corrected chi connectivity index (χ0v) is 11.0. The Bertz CT molecular complexity index is 164. The Morgan fingerprint density at radius 3 is 2.00 bits per heavy atom. The molecule has 0 aromatic carbocycles. The summed E-state index contributed by atoms with van der Waals surface area (Å²) in [6, 6.07) is 0. The number of carbonyl (C=O) groups excluding carboxylic acids is 1. The number of aliphatic hydroxyl groups is 1. The van der Waals surface area contributed by atoms with Gasteiger partial charge in [-0.1, -0.05) is 45.4 Å². The third-order valence-electron chi connectivity index (χ3n) is 2.97. The number of hydrogen-bond acceptors (Lipinski definition) is 2. The lowest BCUT2D eigenvalue weighted by Gasteiger charge is -2.03. The van der Waals surface area contributed by atoms with Crippen LogP contribution in [0.1, 0.15) is 78.1 Å². The van der Waals surface area contributed by atoms with E-state index in [0.29, 0.717) is 12.2 Å². The lowest BCUT2D eigenvalue weighted by Crippen LogP contribution is -1.98. The van der Waals surface area contributed by atoms with Crippen LogP contribution in [-0.2, 0) is 4.79 Å². The van der Waals surface area contributed by atoms with E-state index >= 15 is 0 Å². The average Bonchev–Trinajstić information content (AvgIpc) is 2.26. The molecule has 0 bridgehead atoms. The summed E-state index contributed by atoms with van der Waals surface area (Å²) in [5.41, 5.74) is 0. The maximum absolute atomic E-state index is 11.0. The third kappa shape index (κ3) is 11.7. The minimum Gasteiger partial charge on any atom is -0.393 e. The molecule has 0 aliphatic heterocycles. The summed E-state index contributed by atoms with van der Waals surface area (Å²) >= 11 is 0. The highest BCUT2D eigenvalue weighted by molar-refractivity contribution is 5.77. The zero-order chi connectivity index (χ0) is 12.2. The minimum atomic E-state index is -0.139. The molecule has 0 saturated heterocycles. The summed E-state index contributed by atoms with van der Waals surface area (Å²) < 4.78 is 0. The van der Waals surface area contributed by atoms with E-state index in [2.05, 4.69) is 0 Å². The van der Waals surface area contributed by atoms with Gasteiger partial charge in [-0.15, -0.1) is 0 Å². The van der Waals surface area contributed by atoms with Crippen LogP contribution in [0.2, 0.25) is 0 Å². The van der Waals surface area contributed by atoms with Crippen LogP contribution >= 0.6 is 0 Å². The van der Waals surface area contributed by atoms with Gasteiger partial charge >= 0.3 is 0 Å². The van der Waals surface area contributed by atoms with E-state index < -0.39 is 0 Å². The van der Waals surface area contributed by atoms with Gasteiger partial charge in [0.15, 0.2) is 0 Å². The smallest absolute Gasteiger partial charge is 0.132 e. The van der Waals surface area contributed by atoms with Crippen molar-refractivity contribution in [1.82, 2.24) is 0 Å². The Balaban J connectivity index is 3.01. The van der Waals surface area contributed by atoms with E-state index in [1.807, 2.05) is 13.8 Å². The Hall–Kier alpha value is -0.370. The van der Waals surface area contributed by atoms with E-state index in [4.69, 9.17) is 5.11 Å². The van der Waals surface area contributed by atoms with Crippen molar-refractivity contribution in [3.8, 4) is 0 Å². The molecule has 16 heavy (non-hydrogen) atoms. The number of hydrogen-bond donors (Lipinski definition) is 1. The van der Waals surface area contributed by atoms with Crippen molar-refractivity contribution in [3.05, 3.63) is 0 Å². The van der Waals surface area contributed by atoms with Crippen LogP contribution in [-0.4, -0.2) is 17.0 Å². The van der Waals surface area contributed by atoms with Crippen molar-refractivity contribution in [2.75, 3.05) is 0 Å². The maximum Gasteiger partial charge on any atom is 0.132 e. The van der Waals surface area contributed by atoms with Crippen molar-refractivity contribution in [2.45, 2.75) is 84.2 Å². The molecule has 96 valence electrons. The first kappa shape index (κ1) is 15.6. The highest BCUT2D eigenvalue weighted by atomic mass is 16.3. The number of aliphatic hydroxyl groups excluding tert-OH is 1. The molecular weight excluding hydrogens is 200 g/mol. The average molecular weight is 228 g/mol. The first-order valence-corrected chi connectivity index (χ1v) is 6.86. The molecular formula is C14H28O2. The van der Waals surface area contributed by atoms with E-state index in [-0.39, 0.29) is 6.10 Å². The van der Waals surface area contributed by atoms with Gasteiger partial charge in [0.2, 0.25) is 0 Å². The number of rotatable bonds is 11. The first-order chi connectivity index (χ1) is 7.66. The van der Waals surface area contributed by atoms with E-state index in [1.165, 1.54) is 32.1 Å². The molecule has 1 N–H and O–H groups in total. The standard InChI is InChI=1S/C14H28O2/c1-3-14(16)12-10-8-6-4-5-7-9-11-13(2)15/h13,15H,3-12H2,1-2H3. The molecule has 1 unspecified atom stereocenters. The summed E-state index contributed by atoms with van der Waals surface area (Å²) in [4.78, 5) is 11.0. The van der Waals surface area contributed by atoms with Crippen LogP contribution in [0, 0.1) is 0 Å². The second-order valence-corrected chi connectivity index (χ2v) is 4.75. The van der Waals surface area contributed by atoms with Gasteiger partial charge in [-0.2, -0.15) is 0 Å². The van der Waals surface area contributed by atoms with Crippen LogP contribution in [0.3, 0.4) is 0 Å². The second kappa shape index (κ2) is 11.1. The Morgan fingerprint density at radius 2 is 1.50 bits per heavy atom. The van der Waals surface area contributed by atoms with Crippen molar-refractivity contribution < 1.29 is 9.90 Å². The van der Waals surface area contributed by atoms with E-state index in [1.54, 1.807) is 0 Å². The van der Waals surface area contributed by atoms with Crippen LogP contribution < -0.4 is 0 Å². The molecule has 2 nitrogen and oxygen atoms in total. The Kier molecular flexibility index (Phi) is 10.9. The molecule has 1 atom stereocenters. The summed E-state index contributed by atoms with van der Waals surface area (Å²) in [6.07, 6.45) is 10.7. The van der Waals surface area contributed by atoms with E-state index in [9.17, 15) is 4.79 Å². The molecule has 0 saturated carbocycles. The highest BCUT2D eigenvalue weighted by Crippen LogP contribution is 2.11. The molecule has 0 spiro atoms. The minimum absolute atomic E-state index is 0.139. The van der Waals surface area contributed by atoms with Gasteiger partial charge in [-0.3, -0.25) is 4.79 Å². The molecule has 0 amide bonds. The fraction of sp³-hybridized carbons (Fsp3) is 0.929. The molecule has 0 rings (SSSR count). The van der Waals surface area contributed by atoms with Gasteiger partial charge < -0.3 is 5.11 Å². The van der Waals surface area contributed by atoms with Crippen LogP contribution in [0.25, 0.3) is 0 Å². The summed E-state index contributed by atoms with van der Waals surface area (Å²) in [5.74, 6) is 0.400. The van der Waals surface area contributed by atoms with Crippen molar-refractivity contribution in [3.63, 3.8) is 0 Å². The Labute approximate surface area is 100 Å². The largest absolute Gasteiger partial charge is 0.393 e. The SMILES string of the molecule is CCC(=O)CCCCCCCCCC(C)O. The fourth-order valence-corrected chi connectivity index (χ4v) is 1.82.